The average Bonchev–Trinajstić information content (AvgIpc) is 3.99. The van der Waals surface area contributed by atoms with Gasteiger partial charge in [-0.15, -0.1) is 0 Å². The van der Waals surface area contributed by atoms with E-state index in [0.717, 1.165) is 88.5 Å². The van der Waals surface area contributed by atoms with Crippen molar-refractivity contribution in [2.45, 2.75) is 0 Å². The first kappa shape index (κ1) is 33.7. The standard InChI is InChI=1S/C56H34N4O/c1-3-14-35(15-4-1)38-18-13-19-40(34-38)60-46-24-11-8-22-44(46)51-47(60)32-33-48-52(51)53-49(31-30-42-41-20-9-12-25-50(41)61-55(42)53)59(48)39-28-26-37(27-29-39)56-57-45-23-10-7-21-43(45)54(58-56)36-16-5-2-6-17-36/h1-34H. The zero-order chi connectivity index (χ0) is 40.0. The first-order valence-electron chi connectivity index (χ1n) is 20.7. The minimum atomic E-state index is 0.696. The van der Waals surface area contributed by atoms with Crippen LogP contribution in [0.3, 0.4) is 0 Å². The summed E-state index contributed by atoms with van der Waals surface area (Å²) >= 11 is 0. The quantitative estimate of drug-likeness (QED) is 0.175. The zero-order valence-corrected chi connectivity index (χ0v) is 32.8. The molecule has 0 aliphatic rings. The molecule has 0 aliphatic carbocycles. The van der Waals surface area contributed by atoms with E-state index >= 15 is 0 Å². The molecule has 284 valence electrons. The molecule has 13 rings (SSSR count). The molecule has 5 heteroatoms. The van der Waals surface area contributed by atoms with Crippen LogP contribution >= 0.6 is 0 Å². The topological polar surface area (TPSA) is 48.8 Å². The Labute approximate surface area is 350 Å². The van der Waals surface area contributed by atoms with Crippen LogP contribution in [0, 0.1) is 0 Å². The smallest absolute Gasteiger partial charge is 0.160 e. The normalized spacial score (nSPS) is 11.9. The molecular formula is C56H34N4O. The number of nitrogens with zero attached hydrogens (tertiary/aromatic N) is 4. The lowest BCUT2D eigenvalue weighted by atomic mass is 10.0. The van der Waals surface area contributed by atoms with Gasteiger partial charge in [-0.25, -0.2) is 9.97 Å². The van der Waals surface area contributed by atoms with Crippen molar-refractivity contribution in [1.82, 2.24) is 19.1 Å². The van der Waals surface area contributed by atoms with Crippen molar-refractivity contribution in [3.63, 3.8) is 0 Å². The van der Waals surface area contributed by atoms with E-state index in [2.05, 4.69) is 191 Å². The summed E-state index contributed by atoms with van der Waals surface area (Å²) in [6.45, 7) is 0. The molecule has 13 aromatic rings. The number of hydrogen-bond donors (Lipinski definition) is 0. The van der Waals surface area contributed by atoms with E-state index in [-0.39, 0.29) is 0 Å². The summed E-state index contributed by atoms with van der Waals surface area (Å²) in [7, 11) is 0. The lowest BCUT2D eigenvalue weighted by Gasteiger charge is -2.12. The van der Waals surface area contributed by atoms with Crippen LogP contribution in [0.4, 0.5) is 0 Å². The summed E-state index contributed by atoms with van der Waals surface area (Å²) in [5, 5.41) is 7.92. The van der Waals surface area contributed by atoms with Crippen molar-refractivity contribution in [2.75, 3.05) is 0 Å². The van der Waals surface area contributed by atoms with E-state index in [9.17, 15) is 0 Å². The molecule has 0 saturated heterocycles. The number of para-hydroxylation sites is 3. The Balaban J connectivity index is 1.07. The summed E-state index contributed by atoms with van der Waals surface area (Å²) in [5.74, 6) is 0.696. The second-order valence-corrected chi connectivity index (χ2v) is 15.7. The van der Waals surface area contributed by atoms with Crippen LogP contribution in [0.15, 0.2) is 211 Å². The van der Waals surface area contributed by atoms with Gasteiger partial charge in [-0.3, -0.25) is 0 Å². The van der Waals surface area contributed by atoms with Gasteiger partial charge in [0.2, 0.25) is 0 Å². The van der Waals surface area contributed by atoms with Gasteiger partial charge < -0.3 is 13.6 Å². The molecule has 0 N–H and O–H groups in total. The minimum Gasteiger partial charge on any atom is -0.455 e. The maximum absolute atomic E-state index is 6.86. The summed E-state index contributed by atoms with van der Waals surface area (Å²) in [4.78, 5) is 10.2. The van der Waals surface area contributed by atoms with Crippen molar-refractivity contribution in [3.05, 3.63) is 206 Å². The molecule has 9 aromatic carbocycles. The van der Waals surface area contributed by atoms with E-state index < -0.39 is 0 Å². The van der Waals surface area contributed by atoms with Gasteiger partial charge in [0, 0.05) is 54.8 Å². The lowest BCUT2D eigenvalue weighted by molar-refractivity contribution is 0.673. The predicted molar refractivity (Wildman–Crippen MR) is 252 cm³/mol. The van der Waals surface area contributed by atoms with E-state index in [1.807, 2.05) is 24.3 Å². The van der Waals surface area contributed by atoms with Gasteiger partial charge in [-0.2, -0.15) is 0 Å². The first-order valence-corrected chi connectivity index (χ1v) is 20.7. The van der Waals surface area contributed by atoms with Crippen molar-refractivity contribution >= 4 is 76.5 Å². The fourth-order valence-corrected chi connectivity index (χ4v) is 9.62. The number of furan rings is 1. The third-order valence-electron chi connectivity index (χ3n) is 12.3. The molecule has 5 nitrogen and oxygen atoms in total. The predicted octanol–water partition coefficient (Wildman–Crippen LogP) is 14.7. The third-order valence-corrected chi connectivity index (χ3v) is 12.3. The Morgan fingerprint density at radius 2 is 0.967 bits per heavy atom. The molecule has 0 radical (unpaired) electrons. The van der Waals surface area contributed by atoms with E-state index in [4.69, 9.17) is 14.4 Å². The Kier molecular flexibility index (Phi) is 7.24. The van der Waals surface area contributed by atoms with Crippen LogP contribution < -0.4 is 0 Å². The van der Waals surface area contributed by atoms with Crippen molar-refractivity contribution in [2.24, 2.45) is 0 Å². The molecule has 0 unspecified atom stereocenters. The molecule has 0 aliphatic heterocycles. The highest BCUT2D eigenvalue weighted by atomic mass is 16.3. The van der Waals surface area contributed by atoms with Gasteiger partial charge in [0.05, 0.1) is 38.7 Å². The Morgan fingerprint density at radius 1 is 0.344 bits per heavy atom. The molecule has 0 amide bonds. The highest BCUT2D eigenvalue weighted by Gasteiger charge is 2.24. The highest BCUT2D eigenvalue weighted by Crippen LogP contribution is 2.46. The van der Waals surface area contributed by atoms with Crippen LogP contribution in [0.1, 0.15) is 0 Å². The molecule has 0 spiro atoms. The SMILES string of the molecule is c1ccc(-c2cccc(-n3c4ccccc4c4c5c6c7oc8ccccc8c7ccc6n(-c6ccc(-c7nc(-c8ccccc8)c8ccccc8n7)cc6)c5ccc43)c2)cc1. The Bertz CT molecular complexity index is 3860. The number of benzene rings is 9. The molecule has 61 heavy (non-hydrogen) atoms. The van der Waals surface area contributed by atoms with Crippen molar-refractivity contribution < 1.29 is 4.42 Å². The number of fused-ring (bicyclic) bond motifs is 12. The largest absolute Gasteiger partial charge is 0.455 e. The molecule has 0 fully saturated rings. The Morgan fingerprint density at radius 3 is 1.79 bits per heavy atom. The van der Waals surface area contributed by atoms with Crippen LogP contribution in [0.5, 0.6) is 0 Å². The second-order valence-electron chi connectivity index (χ2n) is 15.7. The van der Waals surface area contributed by atoms with E-state index in [1.54, 1.807) is 0 Å². The van der Waals surface area contributed by atoms with Gasteiger partial charge in [0.15, 0.2) is 5.82 Å². The molecule has 4 aromatic heterocycles. The molecule has 0 bridgehead atoms. The molecular weight excluding hydrogens is 745 g/mol. The summed E-state index contributed by atoms with van der Waals surface area (Å²) in [5.41, 5.74) is 14.7. The maximum atomic E-state index is 6.86. The van der Waals surface area contributed by atoms with Gasteiger partial charge >= 0.3 is 0 Å². The lowest BCUT2D eigenvalue weighted by Crippen LogP contribution is -1.97. The second kappa shape index (κ2) is 13.1. The highest BCUT2D eigenvalue weighted by molar-refractivity contribution is 6.34. The van der Waals surface area contributed by atoms with Gasteiger partial charge in [-0.1, -0.05) is 127 Å². The van der Waals surface area contributed by atoms with Crippen LogP contribution in [0.2, 0.25) is 0 Å². The maximum Gasteiger partial charge on any atom is 0.160 e. The Hall–Kier alpha value is -8.28. The van der Waals surface area contributed by atoms with Crippen LogP contribution in [0.25, 0.3) is 122 Å². The van der Waals surface area contributed by atoms with Gasteiger partial charge in [-0.05, 0) is 90.0 Å². The summed E-state index contributed by atoms with van der Waals surface area (Å²) < 4.78 is 11.7. The first-order chi connectivity index (χ1) is 30.3. The van der Waals surface area contributed by atoms with E-state index in [0.29, 0.717) is 5.82 Å². The number of hydrogen-bond acceptors (Lipinski definition) is 3. The fourth-order valence-electron chi connectivity index (χ4n) is 9.62. The van der Waals surface area contributed by atoms with E-state index in [1.165, 1.54) is 27.3 Å². The van der Waals surface area contributed by atoms with Gasteiger partial charge in [0.25, 0.3) is 0 Å². The summed E-state index contributed by atoms with van der Waals surface area (Å²) in [6, 6.07) is 73.0. The van der Waals surface area contributed by atoms with Crippen molar-refractivity contribution in [3.8, 4) is 45.1 Å². The average molecular weight is 779 g/mol. The van der Waals surface area contributed by atoms with Crippen molar-refractivity contribution in [1.29, 1.82) is 0 Å². The molecule has 4 heterocycles. The molecule has 0 atom stereocenters. The van der Waals surface area contributed by atoms with Crippen LogP contribution in [-0.2, 0) is 0 Å². The summed E-state index contributed by atoms with van der Waals surface area (Å²) in [6.07, 6.45) is 0. The third kappa shape index (κ3) is 5.08. The van der Waals surface area contributed by atoms with Gasteiger partial charge in [0.1, 0.15) is 11.2 Å². The number of rotatable bonds is 5. The number of aromatic nitrogens is 4. The minimum absolute atomic E-state index is 0.696. The molecule has 0 saturated carbocycles. The monoisotopic (exact) mass is 778 g/mol. The zero-order valence-electron chi connectivity index (χ0n) is 32.8. The van der Waals surface area contributed by atoms with Crippen LogP contribution in [-0.4, -0.2) is 19.1 Å². The fraction of sp³-hybridized carbons (Fsp3) is 0.